The van der Waals surface area contributed by atoms with Crippen molar-refractivity contribution >= 4 is 22.9 Å². The summed E-state index contributed by atoms with van der Waals surface area (Å²) in [6.45, 7) is 10.7. The average molecular weight is 391 g/mol. The number of rotatable bonds is 4. The molecule has 26 heavy (non-hydrogen) atoms. The lowest BCUT2D eigenvalue weighted by molar-refractivity contribution is 0.153. The Kier molecular flexibility index (Phi) is 5.62. The standard InChI is InChI=1S/C20H27ClN4S/c1-14(2)24-8-6-17-19(12-24)26-20(23-17)13-25-9-7-22-11-18(25)15-4-3-5-16(21)10-15/h3-5,10,14,18,22H,6-9,11-13H2,1-2H3. The lowest BCUT2D eigenvalue weighted by Crippen LogP contribution is -2.45. The molecule has 0 aliphatic carbocycles. The van der Waals surface area contributed by atoms with Gasteiger partial charge in [0, 0.05) is 61.1 Å². The van der Waals surface area contributed by atoms with Crippen molar-refractivity contribution in [1.29, 1.82) is 0 Å². The predicted molar refractivity (Wildman–Crippen MR) is 109 cm³/mol. The Hall–Kier alpha value is -0.980. The molecular formula is C20H27ClN4S. The van der Waals surface area contributed by atoms with E-state index in [1.165, 1.54) is 21.1 Å². The molecule has 6 heteroatoms. The molecule has 4 nitrogen and oxygen atoms in total. The molecule has 0 spiro atoms. The van der Waals surface area contributed by atoms with Crippen LogP contribution in [0.1, 0.15) is 41.0 Å². The molecule has 140 valence electrons. The Balaban J connectivity index is 1.51. The zero-order chi connectivity index (χ0) is 18.1. The van der Waals surface area contributed by atoms with Crippen LogP contribution in [0.3, 0.4) is 0 Å². The fraction of sp³-hybridized carbons (Fsp3) is 0.550. The second kappa shape index (κ2) is 7.95. The van der Waals surface area contributed by atoms with Crippen LogP contribution in [0.15, 0.2) is 24.3 Å². The van der Waals surface area contributed by atoms with Crippen LogP contribution in [0.25, 0.3) is 0 Å². The minimum absolute atomic E-state index is 0.357. The van der Waals surface area contributed by atoms with Crippen molar-refractivity contribution in [2.24, 2.45) is 0 Å². The van der Waals surface area contributed by atoms with Gasteiger partial charge in [-0.15, -0.1) is 11.3 Å². The van der Waals surface area contributed by atoms with E-state index in [1.54, 1.807) is 0 Å². The van der Waals surface area contributed by atoms with Gasteiger partial charge in [-0.1, -0.05) is 23.7 Å². The molecule has 1 aromatic carbocycles. The molecule has 1 N–H and O–H groups in total. The maximum absolute atomic E-state index is 6.23. The third-order valence-electron chi connectivity index (χ3n) is 5.46. The zero-order valence-electron chi connectivity index (χ0n) is 15.5. The van der Waals surface area contributed by atoms with E-state index in [4.69, 9.17) is 16.6 Å². The molecule has 3 heterocycles. The fourth-order valence-corrected chi connectivity index (χ4v) is 5.29. The third-order valence-corrected chi connectivity index (χ3v) is 6.76. The molecule has 4 rings (SSSR count). The van der Waals surface area contributed by atoms with Gasteiger partial charge < -0.3 is 5.32 Å². The van der Waals surface area contributed by atoms with E-state index in [0.29, 0.717) is 12.1 Å². The van der Waals surface area contributed by atoms with Gasteiger partial charge >= 0.3 is 0 Å². The quantitative estimate of drug-likeness (QED) is 0.862. The summed E-state index contributed by atoms with van der Waals surface area (Å²) in [7, 11) is 0. The summed E-state index contributed by atoms with van der Waals surface area (Å²) in [5.41, 5.74) is 2.62. The smallest absolute Gasteiger partial charge is 0.107 e. The van der Waals surface area contributed by atoms with E-state index < -0.39 is 0 Å². The summed E-state index contributed by atoms with van der Waals surface area (Å²) in [5, 5.41) is 5.60. The van der Waals surface area contributed by atoms with Gasteiger partial charge in [0.2, 0.25) is 0 Å². The molecule has 0 amide bonds. The van der Waals surface area contributed by atoms with Crippen molar-refractivity contribution in [2.75, 3.05) is 26.2 Å². The number of hydrogen-bond acceptors (Lipinski definition) is 5. The number of aromatic nitrogens is 1. The minimum Gasteiger partial charge on any atom is -0.314 e. The first-order valence-corrected chi connectivity index (χ1v) is 10.7. The number of nitrogens with one attached hydrogen (secondary N) is 1. The number of piperazine rings is 1. The highest BCUT2D eigenvalue weighted by molar-refractivity contribution is 7.11. The number of hydrogen-bond donors (Lipinski definition) is 1. The van der Waals surface area contributed by atoms with Crippen LogP contribution in [-0.2, 0) is 19.5 Å². The summed E-state index contributed by atoms with van der Waals surface area (Å²) >= 11 is 8.14. The highest BCUT2D eigenvalue weighted by Crippen LogP contribution is 2.30. The Bertz CT molecular complexity index is 760. The molecule has 2 aliphatic rings. The van der Waals surface area contributed by atoms with E-state index in [0.717, 1.165) is 50.7 Å². The number of fused-ring (bicyclic) bond motifs is 1. The van der Waals surface area contributed by atoms with Gasteiger partial charge in [0.05, 0.1) is 12.2 Å². The average Bonchev–Trinajstić information content (AvgIpc) is 3.03. The first kappa shape index (κ1) is 18.4. The normalized spacial score (nSPS) is 21.9. The monoisotopic (exact) mass is 390 g/mol. The number of benzene rings is 1. The van der Waals surface area contributed by atoms with Crippen LogP contribution in [0.4, 0.5) is 0 Å². The van der Waals surface area contributed by atoms with Crippen molar-refractivity contribution in [2.45, 2.75) is 45.4 Å². The summed E-state index contributed by atoms with van der Waals surface area (Å²) in [5.74, 6) is 0. The maximum Gasteiger partial charge on any atom is 0.107 e. The third kappa shape index (κ3) is 3.97. The highest BCUT2D eigenvalue weighted by atomic mass is 35.5. The van der Waals surface area contributed by atoms with E-state index in [1.807, 2.05) is 23.5 Å². The van der Waals surface area contributed by atoms with Crippen LogP contribution in [0.5, 0.6) is 0 Å². The highest BCUT2D eigenvalue weighted by Gasteiger charge is 2.27. The maximum atomic E-state index is 6.23. The summed E-state index contributed by atoms with van der Waals surface area (Å²) in [4.78, 5) is 11.5. The molecule has 0 saturated carbocycles. The van der Waals surface area contributed by atoms with Crippen molar-refractivity contribution in [1.82, 2.24) is 20.1 Å². The van der Waals surface area contributed by atoms with E-state index in [2.05, 4.69) is 41.1 Å². The topological polar surface area (TPSA) is 31.4 Å². The van der Waals surface area contributed by atoms with Crippen LogP contribution in [-0.4, -0.2) is 47.0 Å². The number of halogens is 1. The molecule has 1 unspecified atom stereocenters. The molecule has 0 radical (unpaired) electrons. The van der Waals surface area contributed by atoms with Crippen LogP contribution in [0, 0.1) is 0 Å². The van der Waals surface area contributed by atoms with E-state index >= 15 is 0 Å². The number of thiazole rings is 1. The number of nitrogens with zero attached hydrogens (tertiary/aromatic N) is 3. The Labute approximate surface area is 165 Å². The lowest BCUT2D eigenvalue weighted by atomic mass is 10.0. The van der Waals surface area contributed by atoms with Gasteiger partial charge in [0.25, 0.3) is 0 Å². The lowest BCUT2D eigenvalue weighted by Gasteiger charge is -2.36. The van der Waals surface area contributed by atoms with Gasteiger partial charge in [-0.05, 0) is 31.5 Å². The predicted octanol–water partition coefficient (Wildman–Crippen LogP) is 3.71. The molecule has 0 bridgehead atoms. The molecule has 1 saturated heterocycles. The van der Waals surface area contributed by atoms with Crippen LogP contribution in [0.2, 0.25) is 5.02 Å². The van der Waals surface area contributed by atoms with Crippen molar-refractivity contribution in [3.8, 4) is 0 Å². The van der Waals surface area contributed by atoms with Gasteiger partial charge in [-0.2, -0.15) is 0 Å². The van der Waals surface area contributed by atoms with Gasteiger partial charge in [0.15, 0.2) is 0 Å². The van der Waals surface area contributed by atoms with Crippen LogP contribution >= 0.6 is 22.9 Å². The van der Waals surface area contributed by atoms with Crippen LogP contribution < -0.4 is 5.32 Å². The fourth-order valence-electron chi connectivity index (χ4n) is 3.93. The van der Waals surface area contributed by atoms with Crippen molar-refractivity contribution in [3.05, 3.63) is 50.4 Å². The zero-order valence-corrected chi connectivity index (χ0v) is 17.1. The Morgan fingerprint density at radius 1 is 1.35 bits per heavy atom. The first-order valence-electron chi connectivity index (χ1n) is 9.52. The second-order valence-electron chi connectivity index (χ2n) is 7.54. The second-order valence-corrected chi connectivity index (χ2v) is 9.14. The molecule has 2 aromatic rings. The summed E-state index contributed by atoms with van der Waals surface area (Å²) in [6.07, 6.45) is 1.09. The van der Waals surface area contributed by atoms with Gasteiger partial charge in [0.1, 0.15) is 5.01 Å². The summed E-state index contributed by atoms with van der Waals surface area (Å²) in [6, 6.07) is 9.24. The summed E-state index contributed by atoms with van der Waals surface area (Å²) < 4.78 is 0. The largest absolute Gasteiger partial charge is 0.314 e. The van der Waals surface area contributed by atoms with Crippen molar-refractivity contribution < 1.29 is 0 Å². The van der Waals surface area contributed by atoms with E-state index in [-0.39, 0.29) is 0 Å². The van der Waals surface area contributed by atoms with Gasteiger partial charge in [-0.3, -0.25) is 9.80 Å². The Morgan fingerprint density at radius 3 is 3.04 bits per heavy atom. The van der Waals surface area contributed by atoms with Crippen molar-refractivity contribution in [3.63, 3.8) is 0 Å². The first-order chi connectivity index (χ1) is 12.6. The minimum atomic E-state index is 0.357. The molecule has 1 fully saturated rings. The molecule has 2 aliphatic heterocycles. The molecular weight excluding hydrogens is 364 g/mol. The van der Waals surface area contributed by atoms with E-state index in [9.17, 15) is 0 Å². The van der Waals surface area contributed by atoms with Gasteiger partial charge in [-0.25, -0.2) is 4.98 Å². The molecule has 1 aromatic heterocycles. The Morgan fingerprint density at radius 2 is 2.23 bits per heavy atom. The molecule has 1 atom stereocenters. The SMILES string of the molecule is CC(C)N1CCc2nc(CN3CCNCC3c3cccc(Cl)c3)sc2C1.